The summed E-state index contributed by atoms with van der Waals surface area (Å²) in [6.45, 7) is 3.74. The number of amides is 1. The van der Waals surface area contributed by atoms with Crippen LogP contribution >= 0.6 is 0 Å². The Morgan fingerprint density at radius 1 is 1.17 bits per heavy atom. The fourth-order valence-corrected chi connectivity index (χ4v) is 4.00. The van der Waals surface area contributed by atoms with E-state index in [0.29, 0.717) is 0 Å². The number of nitrogens with zero attached hydrogens (tertiary/aromatic N) is 2. The molecule has 0 atom stereocenters. The molecule has 1 amide bonds. The molecule has 0 unspecified atom stereocenters. The average molecular weight is 320 g/mol. The van der Waals surface area contributed by atoms with Gasteiger partial charge < -0.3 is 9.64 Å². The summed E-state index contributed by atoms with van der Waals surface area (Å²) < 4.78 is 18.0. The van der Waals surface area contributed by atoms with Gasteiger partial charge in [0.25, 0.3) is 0 Å². The summed E-state index contributed by atoms with van der Waals surface area (Å²) in [4.78, 5) is 16.4. The van der Waals surface area contributed by atoms with Crippen molar-refractivity contribution in [2.45, 2.75) is 37.8 Å². The summed E-state index contributed by atoms with van der Waals surface area (Å²) in [5, 5.41) is 0. The molecule has 3 rings (SSSR count). The third-order valence-corrected chi connectivity index (χ3v) is 5.34. The molecular weight excluding hydrogens is 295 g/mol. The monoisotopic (exact) mass is 320 g/mol. The van der Waals surface area contributed by atoms with Crippen LogP contribution in [-0.2, 0) is 16.1 Å². The van der Waals surface area contributed by atoms with E-state index in [-0.39, 0.29) is 23.9 Å². The van der Waals surface area contributed by atoms with E-state index in [0.717, 1.165) is 44.6 Å². The van der Waals surface area contributed by atoms with E-state index in [4.69, 9.17) is 4.74 Å². The number of halogens is 1. The molecular formula is C18H25FN2O2. The number of methoxy groups -OCH3 is 1. The van der Waals surface area contributed by atoms with E-state index in [1.807, 2.05) is 17.0 Å². The second kappa shape index (κ2) is 6.97. The highest BCUT2D eigenvalue weighted by Crippen LogP contribution is 2.39. The Bertz CT molecular complexity index is 538. The van der Waals surface area contributed by atoms with Crippen LogP contribution in [0.1, 0.15) is 31.2 Å². The lowest BCUT2D eigenvalue weighted by molar-refractivity contribution is -0.137. The summed E-state index contributed by atoms with van der Waals surface area (Å²) in [6.07, 6.45) is 4.43. The average Bonchev–Trinajstić information content (AvgIpc) is 2.93. The van der Waals surface area contributed by atoms with Crippen LogP contribution in [-0.4, -0.2) is 54.6 Å². The smallest absolute Gasteiger partial charge is 0.248 e. The van der Waals surface area contributed by atoms with Crippen LogP contribution in [0.3, 0.4) is 0 Å². The molecule has 1 aromatic rings. The third-order valence-electron chi connectivity index (χ3n) is 5.34. The largest absolute Gasteiger partial charge is 0.375 e. The predicted molar refractivity (Wildman–Crippen MR) is 86.5 cm³/mol. The number of rotatable bonds is 4. The van der Waals surface area contributed by atoms with Crippen LogP contribution in [0, 0.1) is 5.82 Å². The van der Waals surface area contributed by atoms with Gasteiger partial charge in [0.15, 0.2) is 0 Å². The molecule has 2 heterocycles. The zero-order valence-corrected chi connectivity index (χ0v) is 13.8. The third kappa shape index (κ3) is 3.56. The first-order valence-corrected chi connectivity index (χ1v) is 8.39. The first-order chi connectivity index (χ1) is 11.1. The summed E-state index contributed by atoms with van der Waals surface area (Å²) in [5.41, 5.74) is 1.36. The molecule has 4 nitrogen and oxygen atoms in total. The van der Waals surface area contributed by atoms with Crippen LogP contribution in [0.15, 0.2) is 24.3 Å². The van der Waals surface area contributed by atoms with Gasteiger partial charge >= 0.3 is 0 Å². The van der Waals surface area contributed by atoms with Crippen molar-refractivity contribution in [3.05, 3.63) is 35.6 Å². The molecule has 1 spiro atoms. The predicted octanol–water partition coefficient (Wildman–Crippen LogP) is 2.43. The number of hydrogen-bond acceptors (Lipinski definition) is 3. The van der Waals surface area contributed by atoms with E-state index in [1.165, 1.54) is 25.0 Å². The Labute approximate surface area is 137 Å². The van der Waals surface area contributed by atoms with Gasteiger partial charge in [0.2, 0.25) is 5.91 Å². The minimum Gasteiger partial charge on any atom is -0.375 e. The van der Waals surface area contributed by atoms with Crippen molar-refractivity contribution in [3.63, 3.8) is 0 Å². The molecule has 2 aliphatic heterocycles. The number of likely N-dealkylation sites (tertiary alicyclic amines) is 2. The molecule has 2 saturated heterocycles. The Morgan fingerprint density at radius 3 is 2.52 bits per heavy atom. The molecule has 0 bridgehead atoms. The van der Waals surface area contributed by atoms with Gasteiger partial charge in [0.05, 0.1) is 0 Å². The molecule has 126 valence electrons. The quantitative estimate of drug-likeness (QED) is 0.854. The second-order valence-electron chi connectivity index (χ2n) is 6.69. The van der Waals surface area contributed by atoms with Crippen molar-refractivity contribution in [1.29, 1.82) is 0 Å². The highest BCUT2D eigenvalue weighted by molar-refractivity contribution is 5.77. The van der Waals surface area contributed by atoms with Crippen LogP contribution < -0.4 is 0 Å². The van der Waals surface area contributed by atoms with E-state index >= 15 is 0 Å². The number of carbonyl (C=O) groups is 1. The molecule has 2 fully saturated rings. The van der Waals surface area contributed by atoms with Crippen molar-refractivity contribution < 1.29 is 13.9 Å². The van der Waals surface area contributed by atoms with Gasteiger partial charge in [-0.1, -0.05) is 12.1 Å². The number of hydrogen-bond donors (Lipinski definition) is 0. The van der Waals surface area contributed by atoms with Crippen molar-refractivity contribution in [1.82, 2.24) is 9.80 Å². The van der Waals surface area contributed by atoms with Crippen LogP contribution in [0.2, 0.25) is 0 Å². The van der Waals surface area contributed by atoms with Crippen LogP contribution in [0.5, 0.6) is 0 Å². The molecule has 0 N–H and O–H groups in total. The minimum absolute atomic E-state index is 0.0884. The van der Waals surface area contributed by atoms with Crippen molar-refractivity contribution >= 4 is 5.91 Å². The Hall–Kier alpha value is -1.46. The number of carbonyl (C=O) groups excluding carboxylic acids is 1. The second-order valence-corrected chi connectivity index (χ2v) is 6.69. The van der Waals surface area contributed by atoms with Crippen molar-refractivity contribution in [2.24, 2.45) is 0 Å². The topological polar surface area (TPSA) is 32.8 Å². The fourth-order valence-electron chi connectivity index (χ4n) is 4.00. The SMILES string of the molecule is COCC(=O)N1CCC2(CCCN2Cc2ccc(F)cc2)CC1. The maximum atomic E-state index is 13.1. The van der Waals surface area contributed by atoms with Gasteiger partial charge in [-0.15, -0.1) is 0 Å². The normalized spacial score (nSPS) is 21.0. The number of piperidine rings is 1. The summed E-state index contributed by atoms with van der Waals surface area (Å²) in [7, 11) is 1.56. The Kier molecular flexibility index (Phi) is 4.97. The molecule has 2 aliphatic rings. The molecule has 0 saturated carbocycles. The van der Waals surface area contributed by atoms with E-state index < -0.39 is 0 Å². The lowest BCUT2D eigenvalue weighted by Gasteiger charge is -2.45. The highest BCUT2D eigenvalue weighted by atomic mass is 19.1. The zero-order valence-electron chi connectivity index (χ0n) is 13.8. The standard InChI is InChI=1S/C18H25FN2O2/c1-23-14-17(22)20-11-8-18(9-12-20)7-2-10-21(18)13-15-3-5-16(19)6-4-15/h3-6H,2,7-14H2,1H3. The van der Waals surface area contributed by atoms with Gasteiger partial charge in [-0.05, 0) is 49.9 Å². The Morgan fingerprint density at radius 2 is 1.87 bits per heavy atom. The summed E-state index contributed by atoms with van der Waals surface area (Å²) in [6, 6.07) is 6.81. The first-order valence-electron chi connectivity index (χ1n) is 8.39. The van der Waals surface area contributed by atoms with Crippen LogP contribution in [0.4, 0.5) is 4.39 Å². The molecule has 5 heteroatoms. The number of ether oxygens (including phenoxy) is 1. The van der Waals surface area contributed by atoms with Crippen LogP contribution in [0.25, 0.3) is 0 Å². The minimum atomic E-state index is -0.185. The molecule has 1 aromatic carbocycles. The molecule has 0 radical (unpaired) electrons. The van der Waals surface area contributed by atoms with Crippen molar-refractivity contribution in [2.75, 3.05) is 33.4 Å². The maximum Gasteiger partial charge on any atom is 0.248 e. The van der Waals surface area contributed by atoms with Gasteiger partial charge in [-0.25, -0.2) is 4.39 Å². The Balaban J connectivity index is 1.62. The van der Waals surface area contributed by atoms with E-state index in [2.05, 4.69) is 4.90 Å². The van der Waals surface area contributed by atoms with Crippen molar-refractivity contribution in [3.8, 4) is 0 Å². The number of benzene rings is 1. The lowest BCUT2D eigenvalue weighted by Crippen LogP contribution is -2.53. The highest BCUT2D eigenvalue weighted by Gasteiger charge is 2.43. The zero-order chi connectivity index (χ0) is 16.3. The summed E-state index contributed by atoms with van der Waals surface area (Å²) in [5.74, 6) is -0.0970. The van der Waals surface area contributed by atoms with E-state index in [1.54, 1.807) is 7.11 Å². The molecule has 0 aliphatic carbocycles. The fraction of sp³-hybridized carbons (Fsp3) is 0.611. The maximum absolute atomic E-state index is 13.1. The van der Waals surface area contributed by atoms with E-state index in [9.17, 15) is 9.18 Å². The molecule has 23 heavy (non-hydrogen) atoms. The lowest BCUT2D eigenvalue weighted by atomic mass is 9.84. The summed E-state index contributed by atoms with van der Waals surface area (Å²) >= 11 is 0. The molecule has 0 aromatic heterocycles. The van der Waals surface area contributed by atoms with Gasteiger partial charge in [0.1, 0.15) is 12.4 Å². The van der Waals surface area contributed by atoms with Gasteiger partial charge in [-0.2, -0.15) is 0 Å². The first kappa shape index (κ1) is 16.4. The van der Waals surface area contributed by atoms with Gasteiger partial charge in [0, 0.05) is 32.3 Å². The van der Waals surface area contributed by atoms with Gasteiger partial charge in [-0.3, -0.25) is 9.69 Å².